The van der Waals surface area contributed by atoms with Crippen molar-refractivity contribution in [2.75, 3.05) is 19.5 Å². The highest BCUT2D eigenvalue weighted by Gasteiger charge is 2.02. The highest BCUT2D eigenvalue weighted by molar-refractivity contribution is 5.48. The molecule has 1 heterocycles. The average Bonchev–Trinajstić information content (AvgIpc) is 2.12. The Hall–Kier alpha value is -1.51. The summed E-state index contributed by atoms with van der Waals surface area (Å²) in [6, 6.07) is 3.89. The fraction of sp³-hybridized carbons (Fsp3) is 0.300. The van der Waals surface area contributed by atoms with E-state index in [1.165, 1.54) is 0 Å². The molecular formula is C10H13N3. The van der Waals surface area contributed by atoms with Gasteiger partial charge in [0.2, 0.25) is 0 Å². The van der Waals surface area contributed by atoms with Crippen LogP contribution in [0.2, 0.25) is 0 Å². The van der Waals surface area contributed by atoms with Gasteiger partial charge in [-0.1, -0.05) is 0 Å². The molecule has 0 radical (unpaired) electrons. The lowest BCUT2D eigenvalue weighted by atomic mass is 10.1. The zero-order valence-corrected chi connectivity index (χ0v) is 7.91. The molecular weight excluding hydrogens is 162 g/mol. The van der Waals surface area contributed by atoms with E-state index in [1.807, 2.05) is 26.1 Å². The molecule has 0 spiro atoms. The third-order valence-electron chi connectivity index (χ3n) is 2.35. The third kappa shape index (κ3) is 1.26. The Balaban J connectivity index is 2.82. The first-order chi connectivity index (χ1) is 6.18. The molecule has 1 aliphatic rings. The second kappa shape index (κ2) is 2.76. The van der Waals surface area contributed by atoms with Crippen molar-refractivity contribution in [3.8, 4) is 0 Å². The molecule has 0 saturated carbocycles. The van der Waals surface area contributed by atoms with Gasteiger partial charge in [-0.2, -0.15) is 0 Å². The largest absolute Gasteiger partial charge is 0.398 e. The van der Waals surface area contributed by atoms with Gasteiger partial charge in [-0.25, -0.2) is 0 Å². The second-order valence-corrected chi connectivity index (χ2v) is 3.40. The van der Waals surface area contributed by atoms with Crippen LogP contribution in [0.15, 0.2) is 17.1 Å². The molecule has 1 aliphatic heterocycles. The summed E-state index contributed by atoms with van der Waals surface area (Å²) in [6.07, 6.45) is 2.09. The van der Waals surface area contributed by atoms with Crippen LogP contribution in [-0.2, 0) is 0 Å². The summed E-state index contributed by atoms with van der Waals surface area (Å²) in [5.41, 5.74) is 7.76. The van der Waals surface area contributed by atoms with Crippen molar-refractivity contribution in [1.29, 1.82) is 0 Å². The summed E-state index contributed by atoms with van der Waals surface area (Å²) in [6.45, 7) is 2.76. The van der Waals surface area contributed by atoms with Gasteiger partial charge >= 0.3 is 0 Å². The van der Waals surface area contributed by atoms with E-state index in [0.29, 0.717) is 0 Å². The molecule has 3 nitrogen and oxygen atoms in total. The smallest absolute Gasteiger partial charge is 0.110 e. The van der Waals surface area contributed by atoms with E-state index in [-0.39, 0.29) is 0 Å². The van der Waals surface area contributed by atoms with Crippen LogP contribution in [0.25, 0.3) is 6.20 Å². The predicted molar refractivity (Wildman–Crippen MR) is 53.5 cm³/mol. The van der Waals surface area contributed by atoms with Gasteiger partial charge in [0.25, 0.3) is 0 Å². The highest BCUT2D eigenvalue weighted by Crippen LogP contribution is 2.02. The maximum absolute atomic E-state index is 5.81. The molecule has 1 aromatic rings. The van der Waals surface area contributed by atoms with Crippen LogP contribution in [0.4, 0.5) is 5.69 Å². The van der Waals surface area contributed by atoms with Gasteiger partial charge in [-0.15, -0.1) is 0 Å². The molecule has 0 bridgehead atoms. The first-order valence-corrected chi connectivity index (χ1v) is 4.30. The molecule has 0 unspecified atom stereocenters. The monoisotopic (exact) mass is 175 g/mol. The molecule has 0 fully saturated rings. The van der Waals surface area contributed by atoms with E-state index >= 15 is 0 Å². The van der Waals surface area contributed by atoms with Gasteiger partial charge in [0.1, 0.15) is 6.67 Å². The van der Waals surface area contributed by atoms with Gasteiger partial charge in [0.05, 0.1) is 5.36 Å². The Bertz CT molecular complexity index is 448. The number of nitrogens with zero attached hydrogens (tertiary/aromatic N) is 2. The van der Waals surface area contributed by atoms with Crippen LogP contribution in [0.1, 0.15) is 5.56 Å². The Morgan fingerprint density at radius 2 is 2.23 bits per heavy atom. The van der Waals surface area contributed by atoms with E-state index in [9.17, 15) is 0 Å². The van der Waals surface area contributed by atoms with Crippen LogP contribution >= 0.6 is 0 Å². The van der Waals surface area contributed by atoms with Crippen molar-refractivity contribution < 1.29 is 0 Å². The minimum Gasteiger partial charge on any atom is -0.398 e. The fourth-order valence-electron chi connectivity index (χ4n) is 1.48. The van der Waals surface area contributed by atoms with Crippen molar-refractivity contribution in [3.05, 3.63) is 28.3 Å². The summed E-state index contributed by atoms with van der Waals surface area (Å²) < 4.78 is 0. The molecule has 0 aromatic heterocycles. The topological polar surface area (TPSA) is 41.6 Å². The van der Waals surface area contributed by atoms with Crippen molar-refractivity contribution >= 4 is 11.9 Å². The average molecular weight is 175 g/mol. The van der Waals surface area contributed by atoms with Crippen LogP contribution < -0.4 is 16.3 Å². The van der Waals surface area contributed by atoms with Crippen LogP contribution in [0.3, 0.4) is 0 Å². The number of hydrogen-bond acceptors (Lipinski definition) is 3. The molecule has 0 saturated heterocycles. The maximum atomic E-state index is 5.81. The zero-order chi connectivity index (χ0) is 9.42. The Morgan fingerprint density at radius 3 is 3.00 bits per heavy atom. The van der Waals surface area contributed by atoms with E-state index in [1.54, 1.807) is 0 Å². The molecule has 2 rings (SSSR count). The molecule has 0 atom stereocenters. The van der Waals surface area contributed by atoms with Crippen molar-refractivity contribution in [2.45, 2.75) is 6.92 Å². The number of nitrogens with two attached hydrogens (primary N) is 1. The van der Waals surface area contributed by atoms with Gasteiger partial charge in [-0.05, 0) is 24.6 Å². The summed E-state index contributed by atoms with van der Waals surface area (Å²) >= 11 is 0. The summed E-state index contributed by atoms with van der Waals surface area (Å²) in [5.74, 6) is 0. The Labute approximate surface area is 77.2 Å². The first kappa shape index (κ1) is 8.10. The SMILES string of the molecule is Cc1c(N)ccc2c1=CN(C)CN=2. The molecule has 68 valence electrons. The number of benzene rings is 1. The number of hydrogen-bond donors (Lipinski definition) is 1. The Morgan fingerprint density at radius 1 is 1.46 bits per heavy atom. The maximum Gasteiger partial charge on any atom is 0.110 e. The van der Waals surface area contributed by atoms with Crippen LogP contribution in [-0.4, -0.2) is 18.6 Å². The molecule has 0 amide bonds. The van der Waals surface area contributed by atoms with Crippen molar-refractivity contribution in [2.24, 2.45) is 4.99 Å². The van der Waals surface area contributed by atoms with Crippen molar-refractivity contribution in [1.82, 2.24) is 4.90 Å². The molecule has 3 heteroatoms. The fourth-order valence-corrected chi connectivity index (χ4v) is 1.48. The number of rotatable bonds is 0. The highest BCUT2D eigenvalue weighted by atomic mass is 15.2. The summed E-state index contributed by atoms with van der Waals surface area (Å²) in [4.78, 5) is 6.47. The van der Waals surface area contributed by atoms with E-state index in [2.05, 4.69) is 16.1 Å². The lowest BCUT2D eigenvalue weighted by Gasteiger charge is -2.15. The van der Waals surface area contributed by atoms with Crippen LogP contribution in [0, 0.1) is 6.92 Å². The Kier molecular flexibility index (Phi) is 1.72. The second-order valence-electron chi connectivity index (χ2n) is 3.40. The molecule has 13 heavy (non-hydrogen) atoms. The first-order valence-electron chi connectivity index (χ1n) is 4.30. The van der Waals surface area contributed by atoms with Crippen molar-refractivity contribution in [3.63, 3.8) is 0 Å². The minimum absolute atomic E-state index is 0.732. The standard InChI is InChI=1S/C10H13N3/c1-7-8-5-13(2)6-12-10(8)4-3-9(7)11/h3-5H,6,11H2,1-2H3. The van der Waals surface area contributed by atoms with Crippen LogP contribution in [0.5, 0.6) is 0 Å². The lowest BCUT2D eigenvalue weighted by Crippen LogP contribution is -2.36. The number of anilines is 1. The molecule has 2 N–H and O–H groups in total. The van der Waals surface area contributed by atoms with E-state index in [4.69, 9.17) is 5.73 Å². The quantitative estimate of drug-likeness (QED) is 0.557. The number of fused-ring (bicyclic) bond motifs is 1. The predicted octanol–water partition coefficient (Wildman–Crippen LogP) is -0.162. The van der Waals surface area contributed by atoms with Gasteiger partial charge in [0.15, 0.2) is 0 Å². The lowest BCUT2D eigenvalue weighted by molar-refractivity contribution is 0.498. The normalized spacial score (nSPS) is 14.5. The summed E-state index contributed by atoms with van der Waals surface area (Å²) in [7, 11) is 2.01. The minimum atomic E-state index is 0.732. The van der Waals surface area contributed by atoms with Gasteiger partial charge in [0, 0.05) is 24.2 Å². The zero-order valence-electron chi connectivity index (χ0n) is 7.91. The van der Waals surface area contributed by atoms with E-state index in [0.717, 1.165) is 28.5 Å². The molecule has 0 aliphatic carbocycles. The van der Waals surface area contributed by atoms with Gasteiger partial charge in [-0.3, -0.25) is 4.99 Å². The third-order valence-corrected chi connectivity index (χ3v) is 2.35. The van der Waals surface area contributed by atoms with E-state index < -0.39 is 0 Å². The summed E-state index contributed by atoms with van der Waals surface area (Å²) in [5, 5.41) is 2.19. The molecule has 1 aromatic carbocycles. The number of nitrogen functional groups attached to an aromatic ring is 1. The van der Waals surface area contributed by atoms with Gasteiger partial charge < -0.3 is 10.6 Å².